The highest BCUT2D eigenvalue weighted by atomic mass is 19.3. The number of aryl methyl sites for hydroxylation is 2. The van der Waals surface area contributed by atoms with Crippen LogP contribution in [0.5, 0.6) is 0 Å². The summed E-state index contributed by atoms with van der Waals surface area (Å²) >= 11 is 0. The van der Waals surface area contributed by atoms with Crippen LogP contribution in [-0.4, -0.2) is 46.2 Å². The molecule has 1 aromatic carbocycles. The Bertz CT molecular complexity index is 947. The van der Waals surface area contributed by atoms with Crippen molar-refractivity contribution in [2.24, 2.45) is 10.9 Å². The SMILES string of the molecule is Cc1ccc(COC(=O)N2CC[C@H](CCc3ncc4c(n3)CN=C4)C(F)(F)C2)cc1. The van der Waals surface area contributed by atoms with Crippen LogP contribution in [0.1, 0.15) is 41.1 Å². The number of rotatable bonds is 5. The molecule has 158 valence electrons. The van der Waals surface area contributed by atoms with E-state index in [1.807, 2.05) is 31.2 Å². The number of likely N-dealkylation sites (tertiary alicyclic amines) is 1. The highest BCUT2D eigenvalue weighted by Crippen LogP contribution is 2.36. The number of alkyl halides is 2. The van der Waals surface area contributed by atoms with Crippen LogP contribution in [0.15, 0.2) is 35.5 Å². The van der Waals surface area contributed by atoms with Crippen molar-refractivity contribution in [3.05, 3.63) is 58.7 Å². The van der Waals surface area contributed by atoms with Crippen LogP contribution in [0, 0.1) is 12.8 Å². The Hall–Kier alpha value is -2.90. The van der Waals surface area contributed by atoms with Crippen LogP contribution in [-0.2, 0) is 24.3 Å². The molecule has 4 rings (SSSR count). The summed E-state index contributed by atoms with van der Waals surface area (Å²) in [6, 6.07) is 7.55. The fourth-order valence-electron chi connectivity index (χ4n) is 3.77. The van der Waals surface area contributed by atoms with Crippen molar-refractivity contribution in [1.29, 1.82) is 0 Å². The van der Waals surface area contributed by atoms with Gasteiger partial charge in [0.1, 0.15) is 12.4 Å². The van der Waals surface area contributed by atoms with Crippen molar-refractivity contribution in [3.63, 3.8) is 0 Å². The lowest BCUT2D eigenvalue weighted by molar-refractivity contribution is -0.108. The number of fused-ring (bicyclic) bond motifs is 1. The Labute approximate surface area is 174 Å². The number of hydrogen-bond donors (Lipinski definition) is 0. The number of ether oxygens (including phenoxy) is 1. The molecule has 3 heterocycles. The molecule has 0 spiro atoms. The van der Waals surface area contributed by atoms with Crippen LogP contribution >= 0.6 is 0 Å². The zero-order valence-corrected chi connectivity index (χ0v) is 16.9. The highest BCUT2D eigenvalue weighted by Gasteiger charge is 2.45. The molecule has 1 aromatic heterocycles. The molecule has 1 amide bonds. The maximum atomic E-state index is 14.7. The normalized spacial score (nSPS) is 19.6. The molecule has 0 N–H and O–H groups in total. The van der Waals surface area contributed by atoms with Gasteiger partial charge in [-0.2, -0.15) is 0 Å². The number of aromatic nitrogens is 2. The highest BCUT2D eigenvalue weighted by molar-refractivity contribution is 5.82. The fourth-order valence-corrected chi connectivity index (χ4v) is 3.77. The molecule has 0 bridgehead atoms. The third kappa shape index (κ3) is 4.63. The smallest absolute Gasteiger partial charge is 0.410 e. The molecular weight excluding hydrogens is 390 g/mol. The van der Waals surface area contributed by atoms with E-state index in [1.165, 1.54) is 0 Å². The molecule has 2 aliphatic heterocycles. The Morgan fingerprint density at radius 2 is 2.10 bits per heavy atom. The monoisotopic (exact) mass is 414 g/mol. The van der Waals surface area contributed by atoms with Crippen molar-refractivity contribution in [1.82, 2.24) is 14.9 Å². The average Bonchev–Trinajstić information content (AvgIpc) is 3.19. The first-order valence-corrected chi connectivity index (χ1v) is 10.1. The Morgan fingerprint density at radius 3 is 2.87 bits per heavy atom. The van der Waals surface area contributed by atoms with Gasteiger partial charge in [-0.1, -0.05) is 29.8 Å². The van der Waals surface area contributed by atoms with E-state index in [4.69, 9.17) is 4.74 Å². The number of carbonyl (C=O) groups excluding carboxylic acids is 1. The molecular formula is C22H24F2N4O2. The molecule has 1 fully saturated rings. The maximum Gasteiger partial charge on any atom is 0.410 e. The summed E-state index contributed by atoms with van der Waals surface area (Å²) < 4.78 is 34.6. The molecule has 2 aliphatic rings. The van der Waals surface area contributed by atoms with Crippen LogP contribution in [0.25, 0.3) is 0 Å². The van der Waals surface area contributed by atoms with E-state index in [-0.39, 0.29) is 26.0 Å². The van der Waals surface area contributed by atoms with E-state index in [9.17, 15) is 13.6 Å². The number of piperidine rings is 1. The third-order valence-corrected chi connectivity index (χ3v) is 5.63. The van der Waals surface area contributed by atoms with Crippen molar-refractivity contribution < 1.29 is 18.3 Å². The lowest BCUT2D eigenvalue weighted by Crippen LogP contribution is -2.51. The molecule has 30 heavy (non-hydrogen) atoms. The topological polar surface area (TPSA) is 67.7 Å². The zero-order valence-electron chi connectivity index (χ0n) is 16.9. The van der Waals surface area contributed by atoms with Gasteiger partial charge in [-0.15, -0.1) is 0 Å². The van der Waals surface area contributed by atoms with Gasteiger partial charge in [0.15, 0.2) is 0 Å². The molecule has 0 unspecified atom stereocenters. The number of nitrogens with zero attached hydrogens (tertiary/aromatic N) is 4. The first kappa shape index (κ1) is 20.4. The van der Waals surface area contributed by atoms with Gasteiger partial charge < -0.3 is 9.64 Å². The number of benzene rings is 1. The standard InChI is InChI=1S/C22H24F2N4O2/c1-15-2-4-16(5-3-15)13-30-21(29)28-9-8-18(22(23,24)14-28)6-7-20-26-11-17-10-25-12-19(17)27-20/h2-5,10-11,18H,6-9,12-14H2,1H3/t18-/m0/s1. The van der Waals surface area contributed by atoms with Crippen LogP contribution < -0.4 is 0 Å². The number of halogens is 2. The van der Waals surface area contributed by atoms with E-state index >= 15 is 0 Å². The predicted molar refractivity (Wildman–Crippen MR) is 108 cm³/mol. The van der Waals surface area contributed by atoms with Gasteiger partial charge in [0.2, 0.25) is 0 Å². The Kier molecular flexibility index (Phi) is 5.74. The van der Waals surface area contributed by atoms with Gasteiger partial charge in [-0.05, 0) is 25.3 Å². The quantitative estimate of drug-likeness (QED) is 0.743. The second-order valence-electron chi connectivity index (χ2n) is 7.91. The first-order chi connectivity index (χ1) is 14.4. The molecule has 1 saturated heterocycles. The van der Waals surface area contributed by atoms with Crippen molar-refractivity contribution in [2.75, 3.05) is 13.1 Å². The summed E-state index contributed by atoms with van der Waals surface area (Å²) in [5.41, 5.74) is 3.67. The largest absolute Gasteiger partial charge is 0.445 e. The van der Waals surface area contributed by atoms with Crippen LogP contribution in [0.2, 0.25) is 0 Å². The van der Waals surface area contributed by atoms with E-state index in [0.29, 0.717) is 18.8 Å². The molecule has 1 atom stereocenters. The van der Waals surface area contributed by atoms with Gasteiger partial charge in [0, 0.05) is 36.9 Å². The lowest BCUT2D eigenvalue weighted by Gasteiger charge is -2.37. The molecule has 6 nitrogen and oxygen atoms in total. The van der Waals surface area contributed by atoms with Gasteiger partial charge in [0.05, 0.1) is 18.8 Å². The minimum atomic E-state index is -2.97. The van der Waals surface area contributed by atoms with Crippen molar-refractivity contribution >= 4 is 12.3 Å². The van der Waals surface area contributed by atoms with Gasteiger partial charge >= 0.3 is 6.09 Å². The molecule has 0 saturated carbocycles. The van der Waals surface area contributed by atoms with Crippen molar-refractivity contribution in [2.45, 2.75) is 45.3 Å². The Morgan fingerprint density at radius 1 is 1.30 bits per heavy atom. The summed E-state index contributed by atoms with van der Waals surface area (Å²) in [6.45, 7) is 2.19. The predicted octanol–water partition coefficient (Wildman–Crippen LogP) is 3.94. The van der Waals surface area contributed by atoms with Gasteiger partial charge in [-0.25, -0.2) is 23.5 Å². The summed E-state index contributed by atoms with van der Waals surface area (Å²) in [4.78, 5) is 26.2. The first-order valence-electron chi connectivity index (χ1n) is 10.1. The van der Waals surface area contributed by atoms with E-state index in [2.05, 4.69) is 15.0 Å². The fraction of sp³-hybridized carbons (Fsp3) is 0.455. The lowest BCUT2D eigenvalue weighted by atomic mass is 9.88. The zero-order chi connectivity index (χ0) is 21.1. The molecule has 0 aliphatic carbocycles. The molecule has 8 heteroatoms. The number of carbonyl (C=O) groups is 1. The van der Waals surface area contributed by atoms with E-state index < -0.39 is 24.5 Å². The average molecular weight is 414 g/mol. The third-order valence-electron chi connectivity index (χ3n) is 5.63. The summed E-state index contributed by atoms with van der Waals surface area (Å²) in [7, 11) is 0. The Balaban J connectivity index is 1.28. The van der Waals surface area contributed by atoms with Crippen molar-refractivity contribution in [3.8, 4) is 0 Å². The van der Waals surface area contributed by atoms with E-state index in [0.717, 1.165) is 27.3 Å². The number of amides is 1. The second-order valence-corrected chi connectivity index (χ2v) is 7.91. The minimum absolute atomic E-state index is 0.0734. The summed E-state index contributed by atoms with van der Waals surface area (Å²) in [6.07, 6.45) is 3.60. The number of hydrogen-bond acceptors (Lipinski definition) is 5. The van der Waals surface area contributed by atoms with E-state index in [1.54, 1.807) is 12.4 Å². The van der Waals surface area contributed by atoms with Gasteiger partial charge in [-0.3, -0.25) is 4.99 Å². The summed E-state index contributed by atoms with van der Waals surface area (Å²) in [5, 5.41) is 0. The number of aliphatic imine (C=N–C) groups is 1. The summed E-state index contributed by atoms with van der Waals surface area (Å²) in [5.74, 6) is -3.22. The second kappa shape index (κ2) is 8.45. The molecule has 0 radical (unpaired) electrons. The maximum absolute atomic E-state index is 14.7. The minimum Gasteiger partial charge on any atom is -0.445 e. The van der Waals surface area contributed by atoms with Crippen LogP contribution in [0.4, 0.5) is 13.6 Å². The molecule has 2 aromatic rings. The van der Waals surface area contributed by atoms with Gasteiger partial charge in [0.25, 0.3) is 5.92 Å². The van der Waals surface area contributed by atoms with Crippen LogP contribution in [0.3, 0.4) is 0 Å².